The molecule has 41 heavy (non-hydrogen) atoms. The van der Waals surface area contributed by atoms with Crippen LogP contribution in [0.3, 0.4) is 0 Å². The van der Waals surface area contributed by atoms with Gasteiger partial charge < -0.3 is 15.5 Å². The first kappa shape index (κ1) is 30.5. The molecule has 0 spiro atoms. The van der Waals surface area contributed by atoms with E-state index < -0.39 is 5.91 Å². The number of nitrogens with zero attached hydrogens (tertiary/aromatic N) is 3. The van der Waals surface area contributed by atoms with Crippen molar-refractivity contribution in [3.05, 3.63) is 93.2 Å². The average Bonchev–Trinajstić information content (AvgIpc) is 3.38. The van der Waals surface area contributed by atoms with Crippen LogP contribution >= 0.6 is 23.2 Å². The third-order valence-electron chi connectivity index (χ3n) is 6.78. The van der Waals surface area contributed by atoms with Crippen molar-refractivity contribution in [2.24, 2.45) is 0 Å². The summed E-state index contributed by atoms with van der Waals surface area (Å²) in [6.07, 6.45) is 6.86. The van der Waals surface area contributed by atoms with Gasteiger partial charge >= 0.3 is 0 Å². The molecule has 4 rings (SSSR count). The van der Waals surface area contributed by atoms with Crippen LogP contribution in [0, 0.1) is 0 Å². The second-order valence-electron chi connectivity index (χ2n) is 10.4. The van der Waals surface area contributed by atoms with Gasteiger partial charge in [0.1, 0.15) is 5.69 Å². The lowest BCUT2D eigenvalue weighted by molar-refractivity contribution is -0.114. The Hall–Kier alpha value is -3.50. The zero-order valence-electron chi connectivity index (χ0n) is 23.1. The zero-order valence-corrected chi connectivity index (χ0v) is 24.6. The predicted octanol–water partition coefficient (Wildman–Crippen LogP) is 4.59. The molecule has 0 radical (unpaired) electrons. The number of amides is 2. The number of benzene rings is 2. The highest BCUT2D eigenvalue weighted by Crippen LogP contribution is 2.26. The third kappa shape index (κ3) is 8.74. The topological polar surface area (TPSA) is 110 Å². The number of aromatic amines is 1. The van der Waals surface area contributed by atoms with Gasteiger partial charge in [-0.15, -0.1) is 0 Å². The van der Waals surface area contributed by atoms with E-state index in [4.69, 9.17) is 23.2 Å². The highest BCUT2D eigenvalue weighted by molar-refractivity contribution is 6.40. The number of carbonyl (C=O) groups excluding carboxylic acids is 3. The lowest BCUT2D eigenvalue weighted by Crippen LogP contribution is -2.44. The Morgan fingerprint density at radius 2 is 1.73 bits per heavy atom. The van der Waals surface area contributed by atoms with Gasteiger partial charge in [-0.2, -0.15) is 5.10 Å². The fraction of sp³-hybridized carbons (Fsp3) is 0.333. The fourth-order valence-corrected chi connectivity index (χ4v) is 5.27. The van der Waals surface area contributed by atoms with Crippen molar-refractivity contribution in [1.82, 2.24) is 25.3 Å². The molecule has 2 amide bonds. The first-order valence-electron chi connectivity index (χ1n) is 13.4. The molecule has 2 aromatic carbocycles. The first-order valence-corrected chi connectivity index (χ1v) is 14.2. The van der Waals surface area contributed by atoms with Crippen LogP contribution in [0.4, 0.5) is 5.69 Å². The lowest BCUT2D eigenvalue weighted by atomic mass is 10.0. The maximum atomic E-state index is 13.0. The van der Waals surface area contributed by atoms with Gasteiger partial charge in [-0.3, -0.25) is 24.4 Å². The predicted molar refractivity (Wildman–Crippen MR) is 162 cm³/mol. The van der Waals surface area contributed by atoms with E-state index in [9.17, 15) is 14.4 Å². The number of nitrogens with one attached hydrogen (secondary N) is 3. The molecule has 0 bridgehead atoms. The maximum absolute atomic E-state index is 13.0. The Bertz CT molecular complexity index is 1390. The van der Waals surface area contributed by atoms with Crippen LogP contribution in [0.5, 0.6) is 0 Å². The molecule has 2 heterocycles. The van der Waals surface area contributed by atoms with Crippen molar-refractivity contribution in [1.29, 1.82) is 0 Å². The van der Waals surface area contributed by atoms with Crippen molar-refractivity contribution in [3.63, 3.8) is 0 Å². The van der Waals surface area contributed by atoms with Crippen LogP contribution < -0.4 is 10.6 Å². The van der Waals surface area contributed by atoms with Gasteiger partial charge in [0.15, 0.2) is 5.78 Å². The number of hydrogen-bond donors (Lipinski definition) is 3. The van der Waals surface area contributed by atoms with Crippen molar-refractivity contribution in [2.45, 2.75) is 31.8 Å². The van der Waals surface area contributed by atoms with Gasteiger partial charge in [0.2, 0.25) is 0 Å². The Kier molecular flexibility index (Phi) is 10.7. The normalized spacial score (nSPS) is 14.5. The van der Waals surface area contributed by atoms with Crippen molar-refractivity contribution in [2.75, 3.05) is 39.0 Å². The largest absolute Gasteiger partial charge is 0.348 e. The number of likely N-dealkylation sites (tertiary alicyclic amines) is 1. The fourth-order valence-electron chi connectivity index (χ4n) is 4.70. The van der Waals surface area contributed by atoms with Gasteiger partial charge in [0, 0.05) is 38.6 Å². The molecule has 11 heteroatoms. The SMILES string of the molecule is CN(C)C/C=C/C(=O)Cc1cccc(CN2CCC(NC(=O)c3[nH]ncc3NC(=O)c3c(Cl)cccc3Cl)CC2)c1. The van der Waals surface area contributed by atoms with Gasteiger partial charge in [-0.05, 0) is 56.3 Å². The van der Waals surface area contributed by atoms with Gasteiger partial charge in [0.05, 0.1) is 27.5 Å². The van der Waals surface area contributed by atoms with E-state index in [1.165, 1.54) is 6.20 Å². The van der Waals surface area contributed by atoms with Crippen LogP contribution in [0.2, 0.25) is 10.0 Å². The van der Waals surface area contributed by atoms with Crippen molar-refractivity contribution >= 4 is 46.5 Å². The summed E-state index contributed by atoms with van der Waals surface area (Å²) in [7, 11) is 3.93. The number of allylic oxidation sites excluding steroid dienone is 1. The molecule has 1 aliphatic heterocycles. The van der Waals surface area contributed by atoms with E-state index in [0.29, 0.717) is 6.42 Å². The molecule has 216 valence electrons. The zero-order chi connectivity index (χ0) is 29.4. The van der Waals surface area contributed by atoms with Gasteiger partial charge in [0.25, 0.3) is 11.8 Å². The maximum Gasteiger partial charge on any atom is 0.271 e. The molecule has 3 N–H and O–H groups in total. The van der Waals surface area contributed by atoms with Crippen LogP contribution in [-0.4, -0.2) is 77.4 Å². The Morgan fingerprint density at radius 1 is 1.05 bits per heavy atom. The highest BCUT2D eigenvalue weighted by Gasteiger charge is 2.24. The molecule has 1 aromatic heterocycles. The number of halogens is 2. The molecule has 0 unspecified atom stereocenters. The lowest BCUT2D eigenvalue weighted by Gasteiger charge is -2.32. The number of hydrogen-bond acceptors (Lipinski definition) is 6. The number of aromatic nitrogens is 2. The molecule has 1 saturated heterocycles. The van der Waals surface area contributed by atoms with Crippen LogP contribution in [0.25, 0.3) is 0 Å². The number of anilines is 1. The van der Waals surface area contributed by atoms with E-state index >= 15 is 0 Å². The molecule has 0 aliphatic carbocycles. The van der Waals surface area contributed by atoms with E-state index in [1.54, 1.807) is 24.3 Å². The third-order valence-corrected chi connectivity index (χ3v) is 7.41. The number of carbonyl (C=O) groups is 3. The number of ketones is 1. The summed E-state index contributed by atoms with van der Waals surface area (Å²) in [5, 5.41) is 12.8. The minimum Gasteiger partial charge on any atom is -0.348 e. The first-order chi connectivity index (χ1) is 19.7. The van der Waals surface area contributed by atoms with Crippen molar-refractivity contribution in [3.8, 4) is 0 Å². The number of rotatable bonds is 11. The summed E-state index contributed by atoms with van der Waals surface area (Å²) >= 11 is 12.3. The molecule has 3 aromatic rings. The summed E-state index contributed by atoms with van der Waals surface area (Å²) in [6, 6.07) is 12.9. The van der Waals surface area contributed by atoms with Gasteiger partial charge in [-0.1, -0.05) is 59.6 Å². The number of likely N-dealkylation sites (N-methyl/N-ethyl adjacent to an activating group) is 1. The Balaban J connectivity index is 1.26. The number of H-pyrrole nitrogens is 1. The molecule has 9 nitrogen and oxygen atoms in total. The van der Waals surface area contributed by atoms with Crippen molar-refractivity contribution < 1.29 is 14.4 Å². The molecular weight excluding hydrogens is 563 g/mol. The summed E-state index contributed by atoms with van der Waals surface area (Å²) in [5.74, 6) is -0.787. The summed E-state index contributed by atoms with van der Waals surface area (Å²) in [4.78, 5) is 42.4. The minimum absolute atomic E-state index is 0.0125. The summed E-state index contributed by atoms with van der Waals surface area (Å²) in [6.45, 7) is 3.15. The highest BCUT2D eigenvalue weighted by atomic mass is 35.5. The van der Waals surface area contributed by atoms with Crippen LogP contribution in [0.15, 0.2) is 60.8 Å². The monoisotopic (exact) mass is 596 g/mol. The Morgan fingerprint density at radius 3 is 2.44 bits per heavy atom. The second kappa shape index (κ2) is 14.4. The molecule has 0 atom stereocenters. The molecule has 1 aliphatic rings. The van der Waals surface area contributed by atoms with E-state index in [2.05, 4.69) is 37.9 Å². The van der Waals surface area contributed by atoms with E-state index in [0.717, 1.165) is 50.1 Å². The number of piperidine rings is 1. The second-order valence-corrected chi connectivity index (χ2v) is 11.2. The van der Waals surface area contributed by atoms with E-state index in [-0.39, 0.29) is 44.7 Å². The average molecular weight is 598 g/mol. The van der Waals surface area contributed by atoms with Gasteiger partial charge in [-0.25, -0.2) is 0 Å². The van der Waals surface area contributed by atoms with Crippen LogP contribution in [-0.2, 0) is 17.8 Å². The standard InChI is InChI=1S/C30H34Cl2N6O3/c1-37(2)13-5-8-23(39)17-20-6-3-7-21(16-20)19-38-14-11-22(12-15-38)34-30(41)28-26(18-33-36-28)35-29(40)27-24(31)9-4-10-25(27)32/h3-10,16,18,22H,11-15,17,19H2,1-2H3,(H,33,36)(H,34,41)(H,35,40)/b8-5+. The molecular formula is C30H34Cl2N6O3. The summed E-state index contributed by atoms with van der Waals surface area (Å²) in [5.41, 5.74) is 2.69. The van der Waals surface area contributed by atoms with E-state index in [1.807, 2.05) is 37.2 Å². The quantitative estimate of drug-likeness (QED) is 0.279. The van der Waals surface area contributed by atoms with Crippen LogP contribution in [0.1, 0.15) is 44.8 Å². The Labute approximate surface area is 249 Å². The molecule has 0 saturated carbocycles. The molecule has 1 fully saturated rings. The smallest absolute Gasteiger partial charge is 0.271 e. The summed E-state index contributed by atoms with van der Waals surface area (Å²) < 4.78 is 0. The minimum atomic E-state index is -0.529.